The molecule has 0 saturated heterocycles. The molecule has 25 heavy (non-hydrogen) atoms. The van der Waals surface area contributed by atoms with E-state index in [2.05, 4.69) is 53.9 Å². The lowest BCUT2D eigenvalue weighted by Crippen LogP contribution is -2.41. The molecule has 134 valence electrons. The second-order valence-electron chi connectivity index (χ2n) is 7.23. The molecule has 1 aromatic heterocycles. The number of hydrogen-bond acceptors (Lipinski definition) is 4. The molecule has 0 radical (unpaired) electrons. The molecule has 0 fully saturated rings. The first-order valence-corrected chi connectivity index (χ1v) is 9.47. The van der Waals surface area contributed by atoms with Crippen LogP contribution in [0.2, 0.25) is 0 Å². The standard InChI is InChI=1S/C19H26N4OS/c1-19(2,3)16-12-25-17(23-16)11-22-18(20-4)21-10-14-9-13-7-5-6-8-15(13)24-14/h5-8,12,14H,9-11H2,1-4H3,(H2,20,21,22). The molecule has 0 bridgehead atoms. The van der Waals surface area contributed by atoms with Crippen molar-refractivity contribution in [3.8, 4) is 5.75 Å². The topological polar surface area (TPSA) is 58.5 Å². The maximum atomic E-state index is 5.95. The Morgan fingerprint density at radius 1 is 1.32 bits per heavy atom. The summed E-state index contributed by atoms with van der Waals surface area (Å²) in [6.07, 6.45) is 1.07. The minimum atomic E-state index is 0.0868. The van der Waals surface area contributed by atoms with E-state index in [0.717, 1.165) is 35.4 Å². The van der Waals surface area contributed by atoms with E-state index in [1.165, 1.54) is 5.56 Å². The fourth-order valence-corrected chi connectivity index (χ4v) is 3.66. The molecule has 3 rings (SSSR count). The van der Waals surface area contributed by atoms with Crippen molar-refractivity contribution in [2.45, 2.75) is 45.3 Å². The molecule has 5 nitrogen and oxygen atoms in total. The van der Waals surface area contributed by atoms with Crippen molar-refractivity contribution in [2.75, 3.05) is 13.6 Å². The highest BCUT2D eigenvalue weighted by molar-refractivity contribution is 7.09. The summed E-state index contributed by atoms with van der Waals surface area (Å²) in [4.78, 5) is 8.99. The van der Waals surface area contributed by atoms with Crippen LogP contribution in [0.1, 0.15) is 37.0 Å². The third kappa shape index (κ3) is 4.51. The number of nitrogens with zero attached hydrogens (tertiary/aromatic N) is 2. The van der Waals surface area contributed by atoms with Crippen molar-refractivity contribution >= 4 is 17.3 Å². The highest BCUT2D eigenvalue weighted by atomic mass is 32.1. The van der Waals surface area contributed by atoms with Crippen molar-refractivity contribution in [3.05, 3.63) is 45.9 Å². The average molecular weight is 359 g/mol. The van der Waals surface area contributed by atoms with Crippen LogP contribution in [0, 0.1) is 0 Å². The molecular formula is C19H26N4OS. The minimum Gasteiger partial charge on any atom is -0.488 e. The molecule has 0 saturated carbocycles. The highest BCUT2D eigenvalue weighted by Crippen LogP contribution is 2.27. The summed E-state index contributed by atoms with van der Waals surface area (Å²) >= 11 is 1.68. The minimum absolute atomic E-state index is 0.0868. The summed E-state index contributed by atoms with van der Waals surface area (Å²) in [6, 6.07) is 8.21. The van der Waals surface area contributed by atoms with Gasteiger partial charge in [0.25, 0.3) is 0 Å². The van der Waals surface area contributed by atoms with Crippen LogP contribution in [0.4, 0.5) is 0 Å². The van der Waals surface area contributed by atoms with Crippen molar-refractivity contribution in [2.24, 2.45) is 4.99 Å². The molecule has 0 spiro atoms. The third-order valence-corrected chi connectivity index (χ3v) is 5.01. The monoisotopic (exact) mass is 358 g/mol. The molecule has 1 aliphatic rings. The molecule has 2 aromatic rings. The van der Waals surface area contributed by atoms with E-state index in [4.69, 9.17) is 9.72 Å². The number of aliphatic imine (C=N–C) groups is 1. The lowest BCUT2D eigenvalue weighted by Gasteiger charge is -2.15. The Morgan fingerprint density at radius 3 is 2.80 bits per heavy atom. The van der Waals surface area contributed by atoms with E-state index < -0.39 is 0 Å². The van der Waals surface area contributed by atoms with Crippen LogP contribution in [0.25, 0.3) is 0 Å². The maximum absolute atomic E-state index is 5.95. The van der Waals surface area contributed by atoms with Gasteiger partial charge in [0.2, 0.25) is 0 Å². The molecule has 0 aliphatic carbocycles. The molecule has 2 heterocycles. The first kappa shape index (κ1) is 17.7. The van der Waals surface area contributed by atoms with E-state index in [9.17, 15) is 0 Å². The van der Waals surface area contributed by atoms with E-state index in [-0.39, 0.29) is 11.5 Å². The molecule has 1 aliphatic heterocycles. The van der Waals surface area contributed by atoms with E-state index in [1.54, 1.807) is 18.4 Å². The van der Waals surface area contributed by atoms with Crippen LogP contribution in [-0.2, 0) is 18.4 Å². The van der Waals surface area contributed by atoms with Crippen molar-refractivity contribution < 1.29 is 4.74 Å². The lowest BCUT2D eigenvalue weighted by molar-refractivity contribution is 0.235. The third-order valence-electron chi connectivity index (χ3n) is 4.16. The summed E-state index contributed by atoms with van der Waals surface area (Å²) in [5, 5.41) is 9.87. The Hall–Kier alpha value is -2.08. The van der Waals surface area contributed by atoms with Gasteiger partial charge in [-0.1, -0.05) is 39.0 Å². The van der Waals surface area contributed by atoms with Crippen LogP contribution in [0.3, 0.4) is 0 Å². The average Bonchev–Trinajstić information content (AvgIpc) is 3.21. The van der Waals surface area contributed by atoms with Gasteiger partial charge < -0.3 is 15.4 Å². The molecule has 1 aromatic carbocycles. The zero-order valence-corrected chi connectivity index (χ0v) is 16.1. The van der Waals surface area contributed by atoms with Gasteiger partial charge in [0, 0.05) is 24.3 Å². The molecule has 1 atom stereocenters. The number of thiazole rings is 1. The number of nitrogens with one attached hydrogen (secondary N) is 2. The van der Waals surface area contributed by atoms with Gasteiger partial charge in [-0.2, -0.15) is 0 Å². The molecule has 6 heteroatoms. The van der Waals surface area contributed by atoms with Crippen LogP contribution < -0.4 is 15.4 Å². The van der Waals surface area contributed by atoms with Gasteiger partial charge in [0.15, 0.2) is 5.96 Å². The summed E-state index contributed by atoms with van der Waals surface area (Å²) < 4.78 is 5.95. The zero-order chi connectivity index (χ0) is 17.9. The number of rotatable bonds is 4. The SMILES string of the molecule is CN=C(NCc1nc(C(C)(C)C)cs1)NCC1Cc2ccccc2O1. The Balaban J connectivity index is 1.47. The maximum Gasteiger partial charge on any atom is 0.191 e. The lowest BCUT2D eigenvalue weighted by atomic mass is 9.93. The summed E-state index contributed by atoms with van der Waals surface area (Å²) in [5.41, 5.74) is 2.49. The van der Waals surface area contributed by atoms with E-state index >= 15 is 0 Å². The van der Waals surface area contributed by atoms with Gasteiger partial charge in [-0.3, -0.25) is 4.99 Å². The van der Waals surface area contributed by atoms with E-state index in [1.807, 2.05) is 12.1 Å². The second kappa shape index (κ2) is 7.44. The van der Waals surface area contributed by atoms with Gasteiger partial charge in [-0.05, 0) is 11.6 Å². The van der Waals surface area contributed by atoms with Gasteiger partial charge in [-0.15, -0.1) is 11.3 Å². The normalized spacial score (nSPS) is 17.1. The number of fused-ring (bicyclic) bond motifs is 1. The Bertz CT molecular complexity index is 723. The van der Waals surface area contributed by atoms with Crippen LogP contribution >= 0.6 is 11.3 Å². The fraction of sp³-hybridized carbons (Fsp3) is 0.474. The number of hydrogen-bond donors (Lipinski definition) is 2. The van der Waals surface area contributed by atoms with E-state index in [0.29, 0.717) is 6.54 Å². The Morgan fingerprint density at radius 2 is 2.12 bits per heavy atom. The predicted molar refractivity (Wildman–Crippen MR) is 104 cm³/mol. The van der Waals surface area contributed by atoms with Gasteiger partial charge >= 0.3 is 0 Å². The molecule has 1 unspecified atom stereocenters. The fourth-order valence-electron chi connectivity index (χ4n) is 2.69. The Kier molecular flexibility index (Phi) is 5.27. The van der Waals surface area contributed by atoms with Crippen molar-refractivity contribution in [1.29, 1.82) is 0 Å². The number of ether oxygens (including phenoxy) is 1. The number of aromatic nitrogens is 1. The largest absolute Gasteiger partial charge is 0.488 e. The van der Waals surface area contributed by atoms with Crippen LogP contribution in [-0.4, -0.2) is 30.6 Å². The zero-order valence-electron chi connectivity index (χ0n) is 15.3. The van der Waals surface area contributed by atoms with Crippen LogP contribution in [0.15, 0.2) is 34.6 Å². The van der Waals surface area contributed by atoms with Gasteiger partial charge in [0.1, 0.15) is 16.9 Å². The first-order chi connectivity index (χ1) is 12.0. The quantitative estimate of drug-likeness (QED) is 0.651. The number of benzene rings is 1. The van der Waals surface area contributed by atoms with Crippen molar-refractivity contribution in [3.63, 3.8) is 0 Å². The van der Waals surface area contributed by atoms with Gasteiger partial charge in [0.05, 0.1) is 18.8 Å². The summed E-state index contributed by atoms with van der Waals surface area (Å²) in [5.74, 6) is 1.77. The number of guanidine groups is 1. The molecule has 2 N–H and O–H groups in total. The summed E-state index contributed by atoms with van der Waals surface area (Å²) in [6.45, 7) is 7.93. The van der Waals surface area contributed by atoms with Gasteiger partial charge in [-0.25, -0.2) is 4.98 Å². The molecular weight excluding hydrogens is 332 g/mol. The second-order valence-corrected chi connectivity index (χ2v) is 8.18. The Labute approximate surface area is 153 Å². The first-order valence-electron chi connectivity index (χ1n) is 8.59. The summed E-state index contributed by atoms with van der Waals surface area (Å²) in [7, 11) is 1.78. The smallest absolute Gasteiger partial charge is 0.191 e. The highest BCUT2D eigenvalue weighted by Gasteiger charge is 2.22. The predicted octanol–water partition coefficient (Wildman–Crippen LogP) is 3.11. The molecule has 0 amide bonds. The number of para-hydroxylation sites is 1. The van der Waals surface area contributed by atoms with Crippen LogP contribution in [0.5, 0.6) is 5.75 Å². The van der Waals surface area contributed by atoms with Crippen molar-refractivity contribution in [1.82, 2.24) is 15.6 Å².